The average molecular weight is 357 g/mol. The maximum Gasteiger partial charge on any atom is 0.231 e. The molecule has 5 rings (SSSR count). The van der Waals surface area contributed by atoms with Gasteiger partial charge in [0.05, 0.1) is 12.7 Å². The van der Waals surface area contributed by atoms with Crippen molar-refractivity contribution in [2.24, 2.45) is 0 Å². The molecule has 2 aromatic rings. The van der Waals surface area contributed by atoms with Crippen LogP contribution in [0.3, 0.4) is 0 Å². The number of hydrogen-bond acceptors (Lipinski definition) is 6. The van der Waals surface area contributed by atoms with Crippen molar-refractivity contribution in [1.82, 2.24) is 14.5 Å². The summed E-state index contributed by atoms with van der Waals surface area (Å²) in [5.41, 5.74) is 1.04. The Morgan fingerprint density at radius 2 is 2.08 bits per heavy atom. The van der Waals surface area contributed by atoms with Crippen molar-refractivity contribution in [3.05, 3.63) is 30.6 Å². The largest absolute Gasteiger partial charge is 0.454 e. The van der Waals surface area contributed by atoms with Crippen molar-refractivity contribution >= 4 is 0 Å². The van der Waals surface area contributed by atoms with Crippen LogP contribution in [0.1, 0.15) is 18.9 Å². The number of imidazole rings is 1. The van der Waals surface area contributed by atoms with E-state index in [4.69, 9.17) is 19.3 Å². The molecule has 7 nitrogen and oxygen atoms in total. The summed E-state index contributed by atoms with van der Waals surface area (Å²) in [6.07, 6.45) is 5.84. The van der Waals surface area contributed by atoms with Gasteiger partial charge in [0.2, 0.25) is 6.79 Å². The van der Waals surface area contributed by atoms with Gasteiger partial charge in [-0.15, -0.1) is 0 Å². The smallest absolute Gasteiger partial charge is 0.231 e. The van der Waals surface area contributed by atoms with E-state index in [1.807, 2.05) is 24.4 Å². The van der Waals surface area contributed by atoms with E-state index in [-0.39, 0.29) is 19.5 Å². The van der Waals surface area contributed by atoms with Crippen LogP contribution in [0.2, 0.25) is 0 Å². The zero-order valence-electron chi connectivity index (χ0n) is 14.6. The van der Waals surface area contributed by atoms with Crippen molar-refractivity contribution in [2.75, 3.05) is 33.1 Å². The number of rotatable bonds is 4. The molecule has 1 aromatic carbocycles. The van der Waals surface area contributed by atoms with E-state index < -0.39 is 0 Å². The lowest BCUT2D eigenvalue weighted by Gasteiger charge is -2.34. The molecule has 0 aliphatic carbocycles. The SMILES string of the molecule is OCC[C@H]1CN2C[C@@H](n3ccnc3-c3ccc4c(c3)OCO4)C[C@H]2CO1. The lowest BCUT2D eigenvalue weighted by Crippen LogP contribution is -2.46. The van der Waals surface area contributed by atoms with Gasteiger partial charge in [0, 0.05) is 49.7 Å². The molecule has 3 aliphatic rings. The van der Waals surface area contributed by atoms with E-state index in [1.165, 1.54) is 0 Å². The molecule has 7 heteroatoms. The Balaban J connectivity index is 1.37. The Bertz CT molecular complexity index is 793. The van der Waals surface area contributed by atoms with Crippen LogP contribution in [0.15, 0.2) is 30.6 Å². The Labute approximate surface area is 152 Å². The third-order valence-corrected chi connectivity index (χ3v) is 5.61. The molecule has 0 amide bonds. The fourth-order valence-electron chi connectivity index (χ4n) is 4.30. The minimum absolute atomic E-state index is 0.145. The summed E-state index contributed by atoms with van der Waals surface area (Å²) >= 11 is 0. The molecule has 0 spiro atoms. The van der Waals surface area contributed by atoms with Crippen molar-refractivity contribution in [1.29, 1.82) is 0 Å². The number of hydrogen-bond donors (Lipinski definition) is 1. The number of aromatic nitrogens is 2. The topological polar surface area (TPSA) is 69.0 Å². The number of benzene rings is 1. The van der Waals surface area contributed by atoms with Crippen LogP contribution in [0.25, 0.3) is 11.4 Å². The van der Waals surface area contributed by atoms with E-state index in [2.05, 4.69) is 20.6 Å². The highest BCUT2D eigenvalue weighted by molar-refractivity contribution is 5.62. The molecule has 0 radical (unpaired) electrons. The Morgan fingerprint density at radius 3 is 3.00 bits per heavy atom. The standard InChI is InChI=1S/C19H23N3O4/c23-6-3-16-10-21-9-14(8-15(21)11-24-16)22-5-4-20-19(22)13-1-2-17-18(7-13)26-12-25-17/h1-2,4-5,7,14-16,23H,3,6,8-12H2/t14-,15-,16-/m0/s1. The lowest BCUT2D eigenvalue weighted by molar-refractivity contribution is -0.0567. The summed E-state index contributed by atoms with van der Waals surface area (Å²) in [6.45, 7) is 3.10. The van der Waals surface area contributed by atoms with Gasteiger partial charge in [0.15, 0.2) is 11.5 Å². The summed E-state index contributed by atoms with van der Waals surface area (Å²) < 4.78 is 19.1. The number of aliphatic hydroxyl groups is 1. The first-order valence-corrected chi connectivity index (χ1v) is 9.21. The first-order chi connectivity index (χ1) is 12.8. The monoisotopic (exact) mass is 357 g/mol. The first-order valence-electron chi connectivity index (χ1n) is 9.21. The zero-order valence-corrected chi connectivity index (χ0v) is 14.6. The van der Waals surface area contributed by atoms with Crippen molar-refractivity contribution in [3.63, 3.8) is 0 Å². The molecule has 138 valence electrons. The second-order valence-electron chi connectivity index (χ2n) is 7.19. The first kappa shape index (κ1) is 16.1. The van der Waals surface area contributed by atoms with Crippen LogP contribution in [0, 0.1) is 0 Å². The maximum atomic E-state index is 9.16. The molecule has 0 bridgehead atoms. The van der Waals surface area contributed by atoms with Crippen LogP contribution < -0.4 is 9.47 Å². The van der Waals surface area contributed by atoms with Gasteiger partial charge < -0.3 is 23.9 Å². The summed E-state index contributed by atoms with van der Waals surface area (Å²) in [5, 5.41) is 9.16. The predicted molar refractivity (Wildman–Crippen MR) is 94.2 cm³/mol. The zero-order chi connectivity index (χ0) is 17.5. The molecule has 3 aliphatic heterocycles. The molecule has 1 aromatic heterocycles. The minimum atomic E-state index is 0.145. The molecule has 0 saturated carbocycles. The maximum absolute atomic E-state index is 9.16. The molecule has 2 saturated heterocycles. The van der Waals surface area contributed by atoms with Crippen molar-refractivity contribution in [2.45, 2.75) is 31.0 Å². The normalized spacial score (nSPS) is 27.7. The number of nitrogens with zero attached hydrogens (tertiary/aromatic N) is 3. The van der Waals surface area contributed by atoms with E-state index in [1.54, 1.807) is 0 Å². The van der Waals surface area contributed by atoms with Gasteiger partial charge in [0.25, 0.3) is 0 Å². The molecule has 4 heterocycles. The third kappa shape index (κ3) is 2.76. The molecule has 2 fully saturated rings. The van der Waals surface area contributed by atoms with Gasteiger partial charge in [-0.2, -0.15) is 0 Å². The molecular formula is C19H23N3O4. The van der Waals surface area contributed by atoms with Gasteiger partial charge in [-0.05, 0) is 31.0 Å². The second-order valence-corrected chi connectivity index (χ2v) is 7.19. The van der Waals surface area contributed by atoms with Crippen LogP contribution in [0.4, 0.5) is 0 Å². The van der Waals surface area contributed by atoms with Crippen molar-refractivity contribution < 1.29 is 19.3 Å². The molecule has 0 unspecified atom stereocenters. The quantitative estimate of drug-likeness (QED) is 0.898. The third-order valence-electron chi connectivity index (χ3n) is 5.61. The molecule has 26 heavy (non-hydrogen) atoms. The number of morpholine rings is 1. The van der Waals surface area contributed by atoms with Gasteiger partial charge in [-0.25, -0.2) is 4.98 Å². The summed E-state index contributed by atoms with van der Waals surface area (Å²) in [6, 6.07) is 6.81. The molecule has 3 atom stereocenters. The highest BCUT2D eigenvalue weighted by Crippen LogP contribution is 2.38. The summed E-state index contributed by atoms with van der Waals surface area (Å²) in [5.74, 6) is 2.53. The van der Waals surface area contributed by atoms with Crippen LogP contribution in [0.5, 0.6) is 11.5 Å². The van der Waals surface area contributed by atoms with Gasteiger partial charge in [0.1, 0.15) is 5.82 Å². The summed E-state index contributed by atoms with van der Waals surface area (Å²) in [4.78, 5) is 7.10. The fraction of sp³-hybridized carbons (Fsp3) is 0.526. The molecule has 1 N–H and O–H groups in total. The Morgan fingerprint density at radius 1 is 1.15 bits per heavy atom. The van der Waals surface area contributed by atoms with Gasteiger partial charge in [-0.3, -0.25) is 4.90 Å². The highest BCUT2D eigenvalue weighted by Gasteiger charge is 2.38. The van der Waals surface area contributed by atoms with Crippen LogP contribution in [-0.2, 0) is 4.74 Å². The molecular weight excluding hydrogens is 334 g/mol. The van der Waals surface area contributed by atoms with E-state index >= 15 is 0 Å². The van der Waals surface area contributed by atoms with Crippen LogP contribution >= 0.6 is 0 Å². The predicted octanol–water partition coefficient (Wildman–Crippen LogP) is 1.68. The van der Waals surface area contributed by atoms with E-state index in [0.29, 0.717) is 18.5 Å². The highest BCUT2D eigenvalue weighted by atomic mass is 16.7. The fourth-order valence-corrected chi connectivity index (χ4v) is 4.30. The second kappa shape index (κ2) is 6.57. The number of aliphatic hydroxyl groups excluding tert-OH is 1. The van der Waals surface area contributed by atoms with Gasteiger partial charge >= 0.3 is 0 Å². The summed E-state index contributed by atoms with van der Waals surface area (Å²) in [7, 11) is 0. The average Bonchev–Trinajstić information content (AvgIpc) is 3.38. The van der Waals surface area contributed by atoms with Crippen LogP contribution in [-0.4, -0.2) is 64.8 Å². The minimum Gasteiger partial charge on any atom is -0.454 e. The van der Waals surface area contributed by atoms with E-state index in [0.717, 1.165) is 49.0 Å². The van der Waals surface area contributed by atoms with Crippen molar-refractivity contribution in [3.8, 4) is 22.9 Å². The lowest BCUT2D eigenvalue weighted by atomic mass is 10.1. The Kier molecular flexibility index (Phi) is 4.07. The number of fused-ring (bicyclic) bond motifs is 2. The van der Waals surface area contributed by atoms with Gasteiger partial charge in [-0.1, -0.05) is 0 Å². The Hall–Kier alpha value is -2.09. The number of ether oxygens (including phenoxy) is 3. The van der Waals surface area contributed by atoms with E-state index in [9.17, 15) is 0 Å².